The molecule has 15 heavy (non-hydrogen) atoms. The van der Waals surface area contributed by atoms with E-state index in [0.717, 1.165) is 18.1 Å². The molecule has 0 amide bonds. The molecule has 1 aromatic rings. The van der Waals surface area contributed by atoms with Gasteiger partial charge in [0.1, 0.15) is 0 Å². The molecule has 2 rings (SSSR count). The van der Waals surface area contributed by atoms with Crippen molar-refractivity contribution in [1.82, 2.24) is 4.98 Å². The van der Waals surface area contributed by atoms with E-state index in [0.29, 0.717) is 12.0 Å². The summed E-state index contributed by atoms with van der Waals surface area (Å²) < 4.78 is 0. The molecular weight excluding hydrogens is 206 g/mol. The average Bonchev–Trinajstić information content (AvgIpc) is 2.84. The Balaban J connectivity index is 1.82. The summed E-state index contributed by atoms with van der Waals surface area (Å²) in [6, 6.07) is 0.392. The van der Waals surface area contributed by atoms with Crippen molar-refractivity contribution in [2.24, 2.45) is 11.7 Å². The van der Waals surface area contributed by atoms with Crippen LogP contribution in [0.25, 0.3) is 0 Å². The number of nitrogens with zero attached hydrogens (tertiary/aromatic N) is 1. The number of hydrogen-bond donors (Lipinski definition) is 2. The predicted octanol–water partition coefficient (Wildman–Crippen LogP) is 2.24. The third-order valence-corrected chi connectivity index (χ3v) is 4.00. The number of nitrogens with one attached hydrogen (secondary N) is 1. The fourth-order valence-electron chi connectivity index (χ4n) is 2.09. The summed E-state index contributed by atoms with van der Waals surface area (Å²) >= 11 is 1.70. The van der Waals surface area contributed by atoms with Crippen LogP contribution in [0, 0.1) is 5.92 Å². The van der Waals surface area contributed by atoms with E-state index in [9.17, 15) is 0 Å². The SMILES string of the molecule is CCc1csc(NCC2CCCC2N)n1. The topological polar surface area (TPSA) is 50.9 Å². The second-order valence-corrected chi connectivity index (χ2v) is 5.09. The lowest BCUT2D eigenvalue weighted by molar-refractivity contribution is 0.505. The van der Waals surface area contributed by atoms with Crippen LogP contribution in [0.4, 0.5) is 5.13 Å². The predicted molar refractivity (Wildman–Crippen MR) is 65.3 cm³/mol. The highest BCUT2D eigenvalue weighted by atomic mass is 32.1. The van der Waals surface area contributed by atoms with E-state index >= 15 is 0 Å². The number of aryl methyl sites for hydroxylation is 1. The Bertz CT molecular complexity index is 311. The molecule has 1 aliphatic rings. The Labute approximate surface area is 95.1 Å². The molecule has 0 bridgehead atoms. The van der Waals surface area contributed by atoms with Gasteiger partial charge in [-0.15, -0.1) is 11.3 Å². The van der Waals surface area contributed by atoms with Crippen LogP contribution in [0.3, 0.4) is 0 Å². The first-order valence-corrected chi connectivity index (χ1v) is 6.61. The third kappa shape index (κ3) is 2.69. The molecule has 0 aliphatic heterocycles. The Morgan fingerprint density at radius 2 is 2.47 bits per heavy atom. The molecule has 2 atom stereocenters. The highest BCUT2D eigenvalue weighted by molar-refractivity contribution is 7.13. The molecule has 1 fully saturated rings. The van der Waals surface area contributed by atoms with Crippen LogP contribution in [0.15, 0.2) is 5.38 Å². The van der Waals surface area contributed by atoms with Gasteiger partial charge in [-0.2, -0.15) is 0 Å². The second kappa shape index (κ2) is 4.94. The van der Waals surface area contributed by atoms with E-state index in [4.69, 9.17) is 5.73 Å². The zero-order chi connectivity index (χ0) is 10.7. The van der Waals surface area contributed by atoms with Gasteiger partial charge in [0.05, 0.1) is 5.69 Å². The minimum absolute atomic E-state index is 0.392. The maximum atomic E-state index is 6.02. The quantitative estimate of drug-likeness (QED) is 0.826. The minimum atomic E-state index is 0.392. The van der Waals surface area contributed by atoms with Crippen molar-refractivity contribution >= 4 is 16.5 Å². The van der Waals surface area contributed by atoms with Crippen molar-refractivity contribution in [3.63, 3.8) is 0 Å². The monoisotopic (exact) mass is 225 g/mol. The Morgan fingerprint density at radius 1 is 1.60 bits per heavy atom. The van der Waals surface area contributed by atoms with Crippen LogP contribution in [-0.4, -0.2) is 17.6 Å². The summed E-state index contributed by atoms with van der Waals surface area (Å²) in [5, 5.41) is 6.57. The van der Waals surface area contributed by atoms with E-state index in [1.54, 1.807) is 11.3 Å². The standard InChI is InChI=1S/C11H19N3S/c1-2-9-7-15-11(14-9)13-6-8-4-3-5-10(8)12/h7-8,10H,2-6,12H2,1H3,(H,13,14). The molecule has 3 nitrogen and oxygen atoms in total. The fourth-order valence-corrected chi connectivity index (χ4v) is 2.89. The summed E-state index contributed by atoms with van der Waals surface area (Å²) in [4.78, 5) is 4.48. The van der Waals surface area contributed by atoms with Crippen molar-refractivity contribution in [3.05, 3.63) is 11.1 Å². The first kappa shape index (κ1) is 10.9. The second-order valence-electron chi connectivity index (χ2n) is 4.23. The van der Waals surface area contributed by atoms with Gasteiger partial charge in [0.25, 0.3) is 0 Å². The summed E-state index contributed by atoms with van der Waals surface area (Å²) in [5.41, 5.74) is 7.20. The van der Waals surface area contributed by atoms with Crippen molar-refractivity contribution in [3.8, 4) is 0 Å². The van der Waals surface area contributed by atoms with Gasteiger partial charge in [0.2, 0.25) is 0 Å². The van der Waals surface area contributed by atoms with Gasteiger partial charge >= 0.3 is 0 Å². The highest BCUT2D eigenvalue weighted by Crippen LogP contribution is 2.25. The molecule has 0 aromatic carbocycles. The Morgan fingerprint density at radius 3 is 3.07 bits per heavy atom. The van der Waals surface area contributed by atoms with Crippen LogP contribution in [0.2, 0.25) is 0 Å². The Kier molecular flexibility index (Phi) is 3.59. The zero-order valence-corrected chi connectivity index (χ0v) is 10.0. The van der Waals surface area contributed by atoms with Crippen LogP contribution in [-0.2, 0) is 6.42 Å². The summed E-state index contributed by atoms with van der Waals surface area (Å²) in [7, 11) is 0. The number of anilines is 1. The maximum absolute atomic E-state index is 6.02. The number of thiazole rings is 1. The minimum Gasteiger partial charge on any atom is -0.361 e. The normalized spacial score (nSPS) is 25.7. The molecule has 2 unspecified atom stereocenters. The first-order valence-electron chi connectivity index (χ1n) is 5.73. The molecule has 3 N–H and O–H groups in total. The van der Waals surface area contributed by atoms with Gasteiger partial charge in [0.15, 0.2) is 5.13 Å². The van der Waals surface area contributed by atoms with Crippen molar-refractivity contribution in [1.29, 1.82) is 0 Å². The lowest BCUT2D eigenvalue weighted by Gasteiger charge is -2.15. The van der Waals surface area contributed by atoms with Gasteiger partial charge in [-0.1, -0.05) is 13.3 Å². The lowest BCUT2D eigenvalue weighted by Crippen LogP contribution is -2.29. The van der Waals surface area contributed by atoms with Crippen LogP contribution < -0.4 is 11.1 Å². The Hall–Kier alpha value is -0.610. The summed E-state index contributed by atoms with van der Waals surface area (Å²) in [5.74, 6) is 0.638. The van der Waals surface area contributed by atoms with E-state index in [1.165, 1.54) is 25.0 Å². The van der Waals surface area contributed by atoms with Crippen LogP contribution in [0.5, 0.6) is 0 Å². The summed E-state index contributed by atoms with van der Waals surface area (Å²) in [6.07, 6.45) is 4.75. The first-order chi connectivity index (χ1) is 7.29. The van der Waals surface area contributed by atoms with E-state index in [-0.39, 0.29) is 0 Å². The molecule has 1 aliphatic carbocycles. The van der Waals surface area contributed by atoms with Gasteiger partial charge in [-0.25, -0.2) is 4.98 Å². The maximum Gasteiger partial charge on any atom is 0.182 e. The van der Waals surface area contributed by atoms with Crippen molar-refractivity contribution < 1.29 is 0 Å². The molecule has 1 heterocycles. The fraction of sp³-hybridized carbons (Fsp3) is 0.727. The van der Waals surface area contributed by atoms with Crippen LogP contribution >= 0.6 is 11.3 Å². The molecule has 0 spiro atoms. The zero-order valence-electron chi connectivity index (χ0n) is 9.20. The molecule has 0 radical (unpaired) electrons. The molecule has 1 saturated carbocycles. The van der Waals surface area contributed by atoms with E-state index < -0.39 is 0 Å². The highest BCUT2D eigenvalue weighted by Gasteiger charge is 2.23. The third-order valence-electron chi connectivity index (χ3n) is 3.15. The molecule has 0 saturated heterocycles. The number of aromatic nitrogens is 1. The average molecular weight is 225 g/mol. The summed E-state index contributed by atoms with van der Waals surface area (Å²) in [6.45, 7) is 3.11. The van der Waals surface area contributed by atoms with Gasteiger partial charge < -0.3 is 11.1 Å². The van der Waals surface area contributed by atoms with E-state index in [2.05, 4.69) is 22.6 Å². The molecule has 1 aromatic heterocycles. The smallest absolute Gasteiger partial charge is 0.182 e. The number of rotatable bonds is 4. The van der Waals surface area contributed by atoms with Gasteiger partial charge in [-0.3, -0.25) is 0 Å². The van der Waals surface area contributed by atoms with Crippen molar-refractivity contribution in [2.75, 3.05) is 11.9 Å². The van der Waals surface area contributed by atoms with E-state index in [1.807, 2.05) is 0 Å². The number of nitrogens with two attached hydrogens (primary N) is 1. The molecule has 4 heteroatoms. The largest absolute Gasteiger partial charge is 0.361 e. The molecule has 84 valence electrons. The molecular formula is C11H19N3S. The van der Waals surface area contributed by atoms with Gasteiger partial charge in [0, 0.05) is 18.0 Å². The number of hydrogen-bond acceptors (Lipinski definition) is 4. The lowest BCUT2D eigenvalue weighted by atomic mass is 10.1. The van der Waals surface area contributed by atoms with Crippen molar-refractivity contribution in [2.45, 2.75) is 38.6 Å². The van der Waals surface area contributed by atoms with Gasteiger partial charge in [-0.05, 0) is 25.2 Å². The van der Waals surface area contributed by atoms with Crippen LogP contribution in [0.1, 0.15) is 31.9 Å².